The summed E-state index contributed by atoms with van der Waals surface area (Å²) >= 11 is 0. The van der Waals surface area contributed by atoms with Gasteiger partial charge in [-0.2, -0.15) is 0 Å². The summed E-state index contributed by atoms with van der Waals surface area (Å²) in [5.41, 5.74) is 2.94. The number of rotatable bonds is 5. The third-order valence-corrected chi connectivity index (χ3v) is 4.03. The predicted molar refractivity (Wildman–Crippen MR) is 92.2 cm³/mol. The number of fused-ring (bicyclic) bond motifs is 1. The second-order valence-electron chi connectivity index (χ2n) is 5.69. The van der Waals surface area contributed by atoms with E-state index in [9.17, 15) is 14.9 Å². The molecule has 0 radical (unpaired) electrons. The molecule has 0 saturated heterocycles. The van der Waals surface area contributed by atoms with Crippen LogP contribution in [0.1, 0.15) is 16.7 Å². The number of hydrogen-bond acceptors (Lipinski definition) is 5. The standard InChI is InChI=1S/C18H17N3O4/c22-18(20-9-8-15-5-1-2-6-16(15)12-20)13-25-19-11-14-4-3-7-17(10-14)21(23)24/h1-7,10-11H,8-9,12-13H2/b19-11-. The van der Waals surface area contributed by atoms with Gasteiger partial charge in [0, 0.05) is 30.8 Å². The Bertz CT molecular complexity index is 819. The molecule has 7 nitrogen and oxygen atoms in total. The molecular formula is C18H17N3O4. The highest BCUT2D eigenvalue weighted by molar-refractivity contribution is 5.80. The van der Waals surface area contributed by atoms with Gasteiger partial charge in [0.25, 0.3) is 11.6 Å². The lowest BCUT2D eigenvalue weighted by Gasteiger charge is -2.28. The van der Waals surface area contributed by atoms with Crippen LogP contribution in [0.3, 0.4) is 0 Å². The zero-order chi connectivity index (χ0) is 17.6. The van der Waals surface area contributed by atoms with Gasteiger partial charge in [0.1, 0.15) is 0 Å². The molecule has 0 unspecified atom stereocenters. The number of nitro groups is 1. The number of benzene rings is 2. The van der Waals surface area contributed by atoms with Gasteiger partial charge in [-0.05, 0) is 17.5 Å². The van der Waals surface area contributed by atoms with E-state index in [1.54, 1.807) is 17.0 Å². The quantitative estimate of drug-likeness (QED) is 0.476. The molecule has 0 atom stereocenters. The van der Waals surface area contributed by atoms with Gasteiger partial charge in [-0.1, -0.05) is 41.6 Å². The van der Waals surface area contributed by atoms with E-state index in [1.807, 2.05) is 18.2 Å². The molecule has 2 aromatic carbocycles. The molecule has 0 spiro atoms. The molecular weight excluding hydrogens is 322 g/mol. The van der Waals surface area contributed by atoms with Crippen LogP contribution in [0.2, 0.25) is 0 Å². The van der Waals surface area contributed by atoms with E-state index < -0.39 is 4.92 Å². The first-order valence-corrected chi connectivity index (χ1v) is 7.88. The topological polar surface area (TPSA) is 85.0 Å². The molecule has 25 heavy (non-hydrogen) atoms. The van der Waals surface area contributed by atoms with Crippen molar-refractivity contribution < 1.29 is 14.6 Å². The van der Waals surface area contributed by atoms with Crippen molar-refractivity contribution in [2.75, 3.05) is 13.2 Å². The van der Waals surface area contributed by atoms with Crippen LogP contribution >= 0.6 is 0 Å². The largest absolute Gasteiger partial charge is 0.386 e. The Morgan fingerprint density at radius 1 is 1.24 bits per heavy atom. The minimum atomic E-state index is -0.476. The first kappa shape index (κ1) is 16.6. The Labute approximate surface area is 144 Å². The molecule has 128 valence electrons. The van der Waals surface area contributed by atoms with Gasteiger partial charge < -0.3 is 9.74 Å². The molecule has 1 aliphatic heterocycles. The Hall–Kier alpha value is -3.22. The number of carbonyl (C=O) groups is 1. The van der Waals surface area contributed by atoms with E-state index in [1.165, 1.54) is 23.9 Å². The molecule has 0 aliphatic carbocycles. The van der Waals surface area contributed by atoms with Crippen molar-refractivity contribution in [3.05, 3.63) is 75.3 Å². The molecule has 1 aliphatic rings. The lowest BCUT2D eigenvalue weighted by molar-refractivity contribution is -0.384. The van der Waals surface area contributed by atoms with E-state index in [-0.39, 0.29) is 18.2 Å². The molecule has 3 rings (SSSR count). The molecule has 0 aromatic heterocycles. The van der Waals surface area contributed by atoms with Crippen LogP contribution in [0, 0.1) is 10.1 Å². The predicted octanol–water partition coefficient (Wildman–Crippen LogP) is 2.53. The van der Waals surface area contributed by atoms with E-state index >= 15 is 0 Å². The molecule has 1 amide bonds. The third kappa shape index (κ3) is 4.20. The monoisotopic (exact) mass is 339 g/mol. The summed E-state index contributed by atoms with van der Waals surface area (Å²) in [5, 5.41) is 14.4. The summed E-state index contributed by atoms with van der Waals surface area (Å²) < 4.78 is 0. The Balaban J connectivity index is 1.51. The van der Waals surface area contributed by atoms with E-state index in [0.29, 0.717) is 18.7 Å². The van der Waals surface area contributed by atoms with Gasteiger partial charge in [0.2, 0.25) is 0 Å². The van der Waals surface area contributed by atoms with Gasteiger partial charge in [0.15, 0.2) is 6.61 Å². The molecule has 1 heterocycles. The second-order valence-corrected chi connectivity index (χ2v) is 5.69. The van der Waals surface area contributed by atoms with Crippen LogP contribution in [0.15, 0.2) is 53.7 Å². The van der Waals surface area contributed by atoms with Crippen molar-refractivity contribution in [2.24, 2.45) is 5.16 Å². The highest BCUT2D eigenvalue weighted by Crippen LogP contribution is 2.18. The molecule has 0 saturated carbocycles. The average Bonchev–Trinajstić information content (AvgIpc) is 2.65. The maximum Gasteiger partial charge on any atom is 0.270 e. The molecule has 0 bridgehead atoms. The summed E-state index contributed by atoms with van der Waals surface area (Å²) in [6.45, 7) is 1.08. The summed E-state index contributed by atoms with van der Waals surface area (Å²) in [6, 6.07) is 14.1. The van der Waals surface area contributed by atoms with Gasteiger partial charge in [-0.3, -0.25) is 14.9 Å². The molecule has 7 heteroatoms. The summed E-state index contributed by atoms with van der Waals surface area (Å²) in [7, 11) is 0. The van der Waals surface area contributed by atoms with Crippen molar-refractivity contribution in [1.29, 1.82) is 0 Å². The zero-order valence-electron chi connectivity index (χ0n) is 13.5. The van der Waals surface area contributed by atoms with E-state index in [2.05, 4.69) is 11.2 Å². The van der Waals surface area contributed by atoms with Crippen LogP contribution in [0.4, 0.5) is 5.69 Å². The smallest absolute Gasteiger partial charge is 0.270 e. The van der Waals surface area contributed by atoms with Gasteiger partial charge in [-0.25, -0.2) is 0 Å². The minimum absolute atomic E-state index is 0.0213. The number of carbonyl (C=O) groups excluding carboxylic acids is 1. The maximum atomic E-state index is 12.2. The number of nitrogens with zero attached hydrogens (tertiary/aromatic N) is 3. The van der Waals surface area contributed by atoms with Crippen molar-refractivity contribution >= 4 is 17.8 Å². The summed E-state index contributed by atoms with van der Waals surface area (Å²) in [5.74, 6) is -0.134. The van der Waals surface area contributed by atoms with Crippen LogP contribution in [-0.2, 0) is 22.6 Å². The van der Waals surface area contributed by atoms with Crippen molar-refractivity contribution in [2.45, 2.75) is 13.0 Å². The van der Waals surface area contributed by atoms with Crippen molar-refractivity contribution in [1.82, 2.24) is 4.90 Å². The minimum Gasteiger partial charge on any atom is -0.386 e. The Morgan fingerprint density at radius 2 is 2.04 bits per heavy atom. The average molecular weight is 339 g/mol. The van der Waals surface area contributed by atoms with Crippen LogP contribution in [0.25, 0.3) is 0 Å². The summed E-state index contributed by atoms with van der Waals surface area (Å²) in [4.78, 5) is 29.2. The summed E-state index contributed by atoms with van der Waals surface area (Å²) in [6.07, 6.45) is 2.19. The molecule has 0 N–H and O–H groups in total. The van der Waals surface area contributed by atoms with Gasteiger partial charge in [0.05, 0.1) is 11.1 Å². The SMILES string of the molecule is O=C(CO/N=C\c1cccc([N+](=O)[O-])c1)N1CCc2ccccc2C1. The highest BCUT2D eigenvalue weighted by atomic mass is 16.6. The first-order chi connectivity index (χ1) is 12.1. The second kappa shape index (κ2) is 7.57. The fourth-order valence-corrected chi connectivity index (χ4v) is 2.71. The number of oxime groups is 1. The van der Waals surface area contributed by atoms with E-state index in [4.69, 9.17) is 4.84 Å². The Morgan fingerprint density at radius 3 is 2.84 bits per heavy atom. The number of non-ortho nitro benzene ring substituents is 1. The first-order valence-electron chi connectivity index (χ1n) is 7.88. The molecule has 2 aromatic rings. The third-order valence-electron chi connectivity index (χ3n) is 4.03. The van der Waals surface area contributed by atoms with E-state index in [0.717, 1.165) is 12.0 Å². The fraction of sp³-hybridized carbons (Fsp3) is 0.222. The van der Waals surface area contributed by atoms with Crippen molar-refractivity contribution in [3.63, 3.8) is 0 Å². The highest BCUT2D eigenvalue weighted by Gasteiger charge is 2.20. The van der Waals surface area contributed by atoms with Gasteiger partial charge in [-0.15, -0.1) is 0 Å². The zero-order valence-corrected chi connectivity index (χ0v) is 13.5. The lowest BCUT2D eigenvalue weighted by Crippen LogP contribution is -2.37. The molecule has 0 fully saturated rings. The van der Waals surface area contributed by atoms with Crippen molar-refractivity contribution in [3.8, 4) is 0 Å². The van der Waals surface area contributed by atoms with Crippen LogP contribution in [0.5, 0.6) is 0 Å². The normalized spacial score (nSPS) is 13.5. The fourth-order valence-electron chi connectivity index (χ4n) is 2.71. The number of hydrogen-bond donors (Lipinski definition) is 0. The number of nitro benzene ring substituents is 1. The van der Waals surface area contributed by atoms with Crippen LogP contribution < -0.4 is 0 Å². The van der Waals surface area contributed by atoms with Gasteiger partial charge >= 0.3 is 0 Å². The maximum absolute atomic E-state index is 12.2. The number of amides is 1. The Kier molecular flexibility index (Phi) is 5.03. The van der Waals surface area contributed by atoms with Crippen LogP contribution in [-0.4, -0.2) is 35.1 Å². The lowest BCUT2D eigenvalue weighted by atomic mass is 10.00.